The van der Waals surface area contributed by atoms with Crippen molar-refractivity contribution >= 4 is 0 Å². The monoisotopic (exact) mass is 210 g/mol. The molecule has 0 bridgehead atoms. The van der Waals surface area contributed by atoms with Crippen LogP contribution in [-0.4, -0.2) is 37.6 Å². The van der Waals surface area contributed by atoms with Gasteiger partial charge in [0.2, 0.25) is 0 Å². The summed E-state index contributed by atoms with van der Waals surface area (Å²) in [6.45, 7) is 5.90. The van der Waals surface area contributed by atoms with Crippen LogP contribution in [0.5, 0.6) is 0 Å². The van der Waals surface area contributed by atoms with Crippen molar-refractivity contribution in [2.45, 2.75) is 51.5 Å². The molecule has 1 N–H and O–H groups in total. The molecule has 0 saturated heterocycles. The topological polar surface area (TPSA) is 15.3 Å². The van der Waals surface area contributed by atoms with E-state index in [1.807, 2.05) is 0 Å². The number of hydrogen-bond donors (Lipinski definition) is 1. The minimum absolute atomic E-state index is 0.605. The van der Waals surface area contributed by atoms with E-state index >= 15 is 0 Å². The quantitative estimate of drug-likeness (QED) is 0.723. The second kappa shape index (κ2) is 4.84. The molecule has 2 aliphatic rings. The van der Waals surface area contributed by atoms with E-state index < -0.39 is 0 Å². The van der Waals surface area contributed by atoms with E-state index in [0.29, 0.717) is 5.41 Å². The summed E-state index contributed by atoms with van der Waals surface area (Å²) in [6.07, 6.45) is 8.66. The molecule has 15 heavy (non-hydrogen) atoms. The normalized spacial score (nSPS) is 25.0. The van der Waals surface area contributed by atoms with E-state index in [2.05, 4.69) is 24.2 Å². The molecule has 0 heterocycles. The first-order valence-corrected chi connectivity index (χ1v) is 6.67. The van der Waals surface area contributed by atoms with Crippen molar-refractivity contribution in [2.24, 2.45) is 5.41 Å². The molecule has 2 fully saturated rings. The van der Waals surface area contributed by atoms with Gasteiger partial charge in [-0.1, -0.05) is 19.8 Å². The van der Waals surface area contributed by atoms with Crippen molar-refractivity contribution in [3.63, 3.8) is 0 Å². The van der Waals surface area contributed by atoms with Crippen molar-refractivity contribution in [3.8, 4) is 0 Å². The Bertz CT molecular complexity index is 193. The van der Waals surface area contributed by atoms with Crippen LogP contribution in [0.15, 0.2) is 0 Å². The number of nitrogens with zero attached hydrogens (tertiary/aromatic N) is 1. The standard InChI is InChI=1S/C13H26N2/c1-3-14-10-13(8-4-5-9-13)11-15(2)12-6-7-12/h12,14H,3-11H2,1-2H3. The van der Waals surface area contributed by atoms with Crippen LogP contribution in [0.4, 0.5) is 0 Å². The molecule has 2 nitrogen and oxygen atoms in total. The van der Waals surface area contributed by atoms with Gasteiger partial charge in [0.25, 0.3) is 0 Å². The van der Waals surface area contributed by atoms with Crippen LogP contribution in [0.1, 0.15) is 45.4 Å². The maximum Gasteiger partial charge on any atom is 0.00936 e. The predicted octanol–water partition coefficient (Wildman–Crippen LogP) is 2.25. The fourth-order valence-corrected chi connectivity index (χ4v) is 3.08. The summed E-state index contributed by atoms with van der Waals surface area (Å²) >= 11 is 0. The van der Waals surface area contributed by atoms with Crippen molar-refractivity contribution in [3.05, 3.63) is 0 Å². The molecule has 0 radical (unpaired) electrons. The molecule has 0 spiro atoms. The second-order valence-corrected chi connectivity index (χ2v) is 5.63. The van der Waals surface area contributed by atoms with Gasteiger partial charge in [-0.3, -0.25) is 0 Å². The summed E-state index contributed by atoms with van der Waals surface area (Å²) in [5, 5.41) is 3.57. The van der Waals surface area contributed by atoms with E-state index in [1.54, 1.807) is 0 Å². The molecule has 0 atom stereocenters. The van der Waals surface area contributed by atoms with Crippen LogP contribution in [0.2, 0.25) is 0 Å². The maximum absolute atomic E-state index is 3.57. The van der Waals surface area contributed by atoms with E-state index in [0.717, 1.165) is 12.6 Å². The SMILES string of the molecule is CCNCC1(CN(C)C2CC2)CCCC1. The Labute approximate surface area is 94.4 Å². The Morgan fingerprint density at radius 1 is 1.27 bits per heavy atom. The third-order valence-electron chi connectivity index (χ3n) is 4.17. The second-order valence-electron chi connectivity index (χ2n) is 5.63. The van der Waals surface area contributed by atoms with E-state index in [-0.39, 0.29) is 0 Å². The van der Waals surface area contributed by atoms with Crippen LogP contribution in [0.3, 0.4) is 0 Å². The highest BCUT2D eigenvalue weighted by atomic mass is 15.2. The van der Waals surface area contributed by atoms with Crippen LogP contribution >= 0.6 is 0 Å². The van der Waals surface area contributed by atoms with Crippen LogP contribution < -0.4 is 5.32 Å². The van der Waals surface area contributed by atoms with Gasteiger partial charge in [-0.15, -0.1) is 0 Å². The minimum Gasteiger partial charge on any atom is -0.316 e. The van der Waals surface area contributed by atoms with E-state index in [1.165, 1.54) is 51.6 Å². The van der Waals surface area contributed by atoms with Gasteiger partial charge in [-0.05, 0) is 44.7 Å². The fraction of sp³-hybridized carbons (Fsp3) is 1.00. The average Bonchev–Trinajstić information content (AvgIpc) is 2.99. The molecule has 0 aromatic rings. The van der Waals surface area contributed by atoms with Gasteiger partial charge in [0.15, 0.2) is 0 Å². The van der Waals surface area contributed by atoms with Crippen molar-refractivity contribution in [1.29, 1.82) is 0 Å². The lowest BCUT2D eigenvalue weighted by molar-refractivity contribution is 0.168. The summed E-state index contributed by atoms with van der Waals surface area (Å²) in [4.78, 5) is 2.61. The van der Waals surface area contributed by atoms with Crippen LogP contribution in [0.25, 0.3) is 0 Å². The summed E-state index contributed by atoms with van der Waals surface area (Å²) in [7, 11) is 2.32. The Balaban J connectivity index is 1.86. The zero-order chi connectivity index (χ0) is 10.7. The lowest BCUT2D eigenvalue weighted by atomic mass is 9.85. The van der Waals surface area contributed by atoms with Crippen molar-refractivity contribution in [2.75, 3.05) is 26.7 Å². The smallest absolute Gasteiger partial charge is 0.00936 e. The molecular weight excluding hydrogens is 184 g/mol. The molecule has 2 saturated carbocycles. The molecule has 2 heteroatoms. The molecule has 88 valence electrons. The highest BCUT2D eigenvalue weighted by Crippen LogP contribution is 2.40. The third kappa shape index (κ3) is 2.94. The highest BCUT2D eigenvalue weighted by molar-refractivity contribution is 4.92. The molecule has 2 rings (SSSR count). The van der Waals surface area contributed by atoms with Gasteiger partial charge in [0, 0.05) is 19.1 Å². The average molecular weight is 210 g/mol. The summed E-state index contributed by atoms with van der Waals surface area (Å²) < 4.78 is 0. The van der Waals surface area contributed by atoms with Gasteiger partial charge in [-0.25, -0.2) is 0 Å². The molecule has 0 aliphatic heterocycles. The molecule has 0 unspecified atom stereocenters. The van der Waals surface area contributed by atoms with Crippen molar-refractivity contribution < 1.29 is 0 Å². The molecule has 2 aliphatic carbocycles. The van der Waals surface area contributed by atoms with Gasteiger partial charge in [0.05, 0.1) is 0 Å². The Morgan fingerprint density at radius 3 is 2.47 bits per heavy atom. The van der Waals surface area contributed by atoms with Gasteiger partial charge in [0.1, 0.15) is 0 Å². The van der Waals surface area contributed by atoms with E-state index in [4.69, 9.17) is 0 Å². The van der Waals surface area contributed by atoms with Gasteiger partial charge < -0.3 is 10.2 Å². The summed E-state index contributed by atoms with van der Waals surface area (Å²) in [5.74, 6) is 0. The first-order valence-electron chi connectivity index (χ1n) is 6.67. The zero-order valence-electron chi connectivity index (χ0n) is 10.4. The summed E-state index contributed by atoms with van der Waals surface area (Å²) in [6, 6.07) is 0.920. The Hall–Kier alpha value is -0.0800. The molecular formula is C13H26N2. The Kier molecular flexibility index (Phi) is 3.68. The fourth-order valence-electron chi connectivity index (χ4n) is 3.08. The van der Waals surface area contributed by atoms with Crippen LogP contribution in [0, 0.1) is 5.41 Å². The number of hydrogen-bond acceptors (Lipinski definition) is 2. The summed E-state index contributed by atoms with van der Waals surface area (Å²) in [5.41, 5.74) is 0.605. The first kappa shape index (κ1) is 11.4. The number of nitrogens with one attached hydrogen (secondary N) is 1. The predicted molar refractivity (Wildman–Crippen MR) is 65.1 cm³/mol. The Morgan fingerprint density at radius 2 is 1.93 bits per heavy atom. The zero-order valence-corrected chi connectivity index (χ0v) is 10.4. The molecule has 0 aromatic carbocycles. The third-order valence-corrected chi connectivity index (χ3v) is 4.17. The highest BCUT2D eigenvalue weighted by Gasteiger charge is 2.37. The molecule has 0 amide bonds. The lowest BCUT2D eigenvalue weighted by Crippen LogP contribution is -2.42. The largest absolute Gasteiger partial charge is 0.316 e. The van der Waals surface area contributed by atoms with Crippen LogP contribution in [-0.2, 0) is 0 Å². The first-order chi connectivity index (χ1) is 7.26. The molecule has 0 aromatic heterocycles. The van der Waals surface area contributed by atoms with Gasteiger partial charge >= 0.3 is 0 Å². The minimum atomic E-state index is 0.605. The van der Waals surface area contributed by atoms with Crippen molar-refractivity contribution in [1.82, 2.24) is 10.2 Å². The lowest BCUT2D eigenvalue weighted by Gasteiger charge is -2.34. The number of rotatable bonds is 6. The van der Waals surface area contributed by atoms with Gasteiger partial charge in [-0.2, -0.15) is 0 Å². The van der Waals surface area contributed by atoms with E-state index in [9.17, 15) is 0 Å². The maximum atomic E-state index is 3.57.